The molecule has 14 heavy (non-hydrogen) atoms. The number of hydrogen-bond acceptors (Lipinski definition) is 7. The SMILES string of the molecule is Nc1nc(/N=N/c2nccs2)[nH]c1N. The van der Waals surface area contributed by atoms with E-state index < -0.39 is 0 Å². The summed E-state index contributed by atoms with van der Waals surface area (Å²) < 4.78 is 0. The van der Waals surface area contributed by atoms with Crippen molar-refractivity contribution in [2.75, 3.05) is 11.5 Å². The summed E-state index contributed by atoms with van der Waals surface area (Å²) in [6.45, 7) is 0. The Morgan fingerprint density at radius 1 is 1.36 bits per heavy atom. The molecular weight excluding hydrogens is 202 g/mol. The molecule has 0 spiro atoms. The number of aromatic nitrogens is 3. The van der Waals surface area contributed by atoms with E-state index in [-0.39, 0.29) is 17.6 Å². The quantitative estimate of drug-likeness (QED) is 0.648. The molecule has 0 amide bonds. The third kappa shape index (κ3) is 1.69. The maximum Gasteiger partial charge on any atom is 0.250 e. The molecule has 7 nitrogen and oxygen atoms in total. The molecule has 0 aliphatic carbocycles. The third-order valence-corrected chi connectivity index (χ3v) is 2.05. The van der Waals surface area contributed by atoms with Gasteiger partial charge in [0.15, 0.2) is 5.82 Å². The Bertz CT molecular complexity index is 423. The molecule has 0 aliphatic heterocycles. The number of nitrogens with one attached hydrogen (secondary N) is 1. The fourth-order valence-corrected chi connectivity index (χ4v) is 1.24. The van der Waals surface area contributed by atoms with Crippen molar-refractivity contribution in [3.63, 3.8) is 0 Å². The summed E-state index contributed by atoms with van der Waals surface area (Å²) in [5.41, 5.74) is 10.8. The van der Waals surface area contributed by atoms with Crippen LogP contribution in [0.25, 0.3) is 0 Å². The fraction of sp³-hybridized carbons (Fsp3) is 0. The Morgan fingerprint density at radius 3 is 2.79 bits per heavy atom. The first-order valence-electron chi connectivity index (χ1n) is 3.68. The van der Waals surface area contributed by atoms with E-state index in [1.807, 2.05) is 0 Å². The summed E-state index contributed by atoms with van der Waals surface area (Å²) in [4.78, 5) is 10.4. The van der Waals surface area contributed by atoms with E-state index in [2.05, 4.69) is 25.2 Å². The van der Waals surface area contributed by atoms with Crippen molar-refractivity contribution in [2.45, 2.75) is 0 Å². The predicted molar refractivity (Wildman–Crippen MR) is 53.7 cm³/mol. The molecule has 0 atom stereocenters. The summed E-state index contributed by atoms with van der Waals surface area (Å²) in [6, 6.07) is 0. The molecule has 0 bridgehead atoms. The number of nitrogen functional groups attached to an aromatic ring is 2. The molecule has 0 aromatic carbocycles. The highest BCUT2D eigenvalue weighted by atomic mass is 32.1. The van der Waals surface area contributed by atoms with Gasteiger partial charge in [-0.1, -0.05) is 0 Å². The summed E-state index contributed by atoms with van der Waals surface area (Å²) in [6.07, 6.45) is 1.64. The summed E-state index contributed by atoms with van der Waals surface area (Å²) in [5, 5.41) is 9.95. The Hall–Kier alpha value is -1.96. The topological polar surface area (TPSA) is 118 Å². The lowest BCUT2D eigenvalue weighted by atomic mass is 10.7. The predicted octanol–water partition coefficient (Wildman–Crippen LogP) is 1.45. The van der Waals surface area contributed by atoms with Gasteiger partial charge in [0.25, 0.3) is 5.95 Å². The minimum Gasteiger partial charge on any atom is -0.382 e. The smallest absolute Gasteiger partial charge is 0.250 e. The largest absolute Gasteiger partial charge is 0.382 e. The van der Waals surface area contributed by atoms with Crippen LogP contribution in [-0.4, -0.2) is 15.0 Å². The van der Waals surface area contributed by atoms with Crippen molar-refractivity contribution in [3.8, 4) is 0 Å². The lowest BCUT2D eigenvalue weighted by molar-refractivity contribution is 1.11. The van der Waals surface area contributed by atoms with E-state index in [0.29, 0.717) is 5.13 Å². The molecular formula is C6H7N7S. The lowest BCUT2D eigenvalue weighted by Crippen LogP contribution is -1.91. The van der Waals surface area contributed by atoms with Crippen molar-refractivity contribution < 1.29 is 0 Å². The zero-order valence-corrected chi connectivity index (χ0v) is 7.82. The number of hydrogen-bond donors (Lipinski definition) is 3. The monoisotopic (exact) mass is 209 g/mol. The van der Waals surface area contributed by atoms with Crippen LogP contribution in [0.15, 0.2) is 21.8 Å². The number of H-pyrrole nitrogens is 1. The lowest BCUT2D eigenvalue weighted by Gasteiger charge is -1.81. The Morgan fingerprint density at radius 2 is 2.21 bits per heavy atom. The van der Waals surface area contributed by atoms with Crippen LogP contribution in [0.1, 0.15) is 0 Å². The highest BCUT2D eigenvalue weighted by Gasteiger charge is 2.01. The van der Waals surface area contributed by atoms with Crippen molar-refractivity contribution in [1.29, 1.82) is 0 Å². The number of rotatable bonds is 2. The van der Waals surface area contributed by atoms with E-state index in [0.717, 1.165) is 0 Å². The summed E-state index contributed by atoms with van der Waals surface area (Å²) in [5.74, 6) is 0.784. The standard InChI is InChI=1S/C6H7N7S/c7-3-4(8)11-5(10-3)12-13-6-9-1-2-14-6/h1-2H,7-8H2,(H,10,11)/b13-12+. The van der Waals surface area contributed by atoms with E-state index >= 15 is 0 Å². The number of aromatic amines is 1. The molecule has 5 N–H and O–H groups in total. The zero-order chi connectivity index (χ0) is 9.97. The molecule has 2 heterocycles. The number of azo groups is 1. The second-order valence-corrected chi connectivity index (χ2v) is 3.25. The van der Waals surface area contributed by atoms with Crippen molar-refractivity contribution >= 4 is 34.1 Å². The second-order valence-electron chi connectivity index (χ2n) is 2.37. The van der Waals surface area contributed by atoms with Crippen LogP contribution in [-0.2, 0) is 0 Å². The molecule has 0 fully saturated rings. The van der Waals surface area contributed by atoms with Gasteiger partial charge in [0.05, 0.1) is 0 Å². The number of thiazole rings is 1. The van der Waals surface area contributed by atoms with Crippen molar-refractivity contribution in [3.05, 3.63) is 11.6 Å². The van der Waals surface area contributed by atoms with Gasteiger partial charge in [-0.3, -0.25) is 0 Å². The van der Waals surface area contributed by atoms with Gasteiger partial charge in [-0.05, 0) is 0 Å². The first-order chi connectivity index (χ1) is 6.75. The minimum atomic E-state index is 0.220. The van der Waals surface area contributed by atoms with Gasteiger partial charge in [-0.25, -0.2) is 4.98 Å². The number of anilines is 2. The van der Waals surface area contributed by atoms with Gasteiger partial charge in [0.2, 0.25) is 5.13 Å². The average Bonchev–Trinajstić information content (AvgIpc) is 2.74. The second kappa shape index (κ2) is 3.42. The van der Waals surface area contributed by atoms with Gasteiger partial charge in [-0.15, -0.1) is 21.6 Å². The molecule has 8 heteroatoms. The zero-order valence-electron chi connectivity index (χ0n) is 7.01. The Kier molecular flexibility index (Phi) is 2.11. The van der Waals surface area contributed by atoms with E-state index in [1.54, 1.807) is 11.6 Å². The molecule has 0 unspecified atom stereocenters. The average molecular weight is 209 g/mol. The fourth-order valence-electron chi connectivity index (χ4n) is 0.790. The molecule has 0 aliphatic rings. The van der Waals surface area contributed by atoms with Crippen LogP contribution >= 0.6 is 11.3 Å². The van der Waals surface area contributed by atoms with Gasteiger partial charge < -0.3 is 16.5 Å². The van der Waals surface area contributed by atoms with E-state index in [9.17, 15) is 0 Å². The third-order valence-electron chi connectivity index (χ3n) is 1.40. The highest BCUT2D eigenvalue weighted by molar-refractivity contribution is 7.13. The first kappa shape index (κ1) is 8.63. The van der Waals surface area contributed by atoms with Crippen LogP contribution in [0, 0.1) is 0 Å². The Labute approximate surface area is 82.9 Å². The number of nitrogens with zero attached hydrogens (tertiary/aromatic N) is 4. The molecule has 2 aromatic rings. The molecule has 0 saturated carbocycles. The van der Waals surface area contributed by atoms with Gasteiger partial charge in [0.1, 0.15) is 5.82 Å². The molecule has 2 rings (SSSR count). The van der Waals surface area contributed by atoms with Gasteiger partial charge in [0, 0.05) is 11.6 Å². The maximum absolute atomic E-state index is 5.43. The van der Waals surface area contributed by atoms with E-state index in [4.69, 9.17) is 11.5 Å². The highest BCUT2D eigenvalue weighted by Crippen LogP contribution is 2.20. The maximum atomic E-state index is 5.43. The summed E-state index contributed by atoms with van der Waals surface area (Å²) in [7, 11) is 0. The van der Waals surface area contributed by atoms with Gasteiger partial charge >= 0.3 is 0 Å². The summed E-state index contributed by atoms with van der Waals surface area (Å²) >= 11 is 1.38. The molecule has 0 saturated heterocycles. The van der Waals surface area contributed by atoms with Crippen LogP contribution in [0.2, 0.25) is 0 Å². The number of imidazole rings is 1. The minimum absolute atomic E-state index is 0.220. The van der Waals surface area contributed by atoms with Crippen LogP contribution < -0.4 is 11.5 Å². The van der Waals surface area contributed by atoms with Gasteiger partial charge in [-0.2, -0.15) is 4.98 Å². The first-order valence-corrected chi connectivity index (χ1v) is 4.56. The molecule has 0 radical (unpaired) electrons. The molecule has 72 valence electrons. The van der Waals surface area contributed by atoms with Crippen molar-refractivity contribution in [1.82, 2.24) is 15.0 Å². The van der Waals surface area contributed by atoms with Crippen LogP contribution in [0.4, 0.5) is 22.7 Å². The Balaban J connectivity index is 2.18. The van der Waals surface area contributed by atoms with E-state index in [1.165, 1.54) is 11.3 Å². The number of nitrogens with two attached hydrogens (primary N) is 2. The van der Waals surface area contributed by atoms with Crippen molar-refractivity contribution in [2.24, 2.45) is 10.2 Å². The van der Waals surface area contributed by atoms with Crippen LogP contribution in [0.3, 0.4) is 0 Å². The normalized spacial score (nSPS) is 11.1. The van der Waals surface area contributed by atoms with Crippen LogP contribution in [0.5, 0.6) is 0 Å². The molecule has 2 aromatic heterocycles.